The minimum atomic E-state index is -4.67. The Labute approximate surface area is 156 Å². The van der Waals surface area contributed by atoms with Gasteiger partial charge >= 0.3 is 10.4 Å². The van der Waals surface area contributed by atoms with Crippen LogP contribution in [-0.4, -0.2) is 30.7 Å². The first-order valence-electron chi connectivity index (χ1n) is 9.69. The molecule has 0 aliphatic heterocycles. The number of hydrogen-bond acceptors (Lipinski definition) is 4. The lowest BCUT2D eigenvalue weighted by atomic mass is 10.1. The normalized spacial score (nSPS) is 10.7. The smallest absolute Gasteiger partial charge is 0.381 e. The molecule has 6 nitrogen and oxygen atoms in total. The van der Waals surface area contributed by atoms with E-state index < -0.39 is 10.4 Å². The summed E-state index contributed by atoms with van der Waals surface area (Å²) in [4.78, 5) is 0. The minimum absolute atomic E-state index is 0. The van der Waals surface area contributed by atoms with Crippen LogP contribution in [0.3, 0.4) is 0 Å². The van der Waals surface area contributed by atoms with Crippen LogP contribution in [0, 0.1) is 0 Å². The summed E-state index contributed by atoms with van der Waals surface area (Å²) < 4.78 is 37.3. The molecule has 0 atom stereocenters. The van der Waals surface area contributed by atoms with E-state index in [9.17, 15) is 0 Å². The molecule has 7 heteroatoms. The van der Waals surface area contributed by atoms with Gasteiger partial charge in [-0.2, -0.15) is 8.42 Å². The second kappa shape index (κ2) is 23.8. The Kier molecular flexibility index (Phi) is 28.1. The van der Waals surface area contributed by atoms with Crippen molar-refractivity contribution >= 4 is 10.4 Å². The molecule has 0 spiro atoms. The molecule has 0 aliphatic carbocycles. The fourth-order valence-corrected chi connectivity index (χ4v) is 2.42. The number of ether oxygens (including phenoxy) is 1. The molecule has 156 valence electrons. The molecule has 0 saturated heterocycles. The molecule has 5 N–H and O–H groups in total. The third kappa shape index (κ3) is 45.3. The van der Waals surface area contributed by atoms with Crippen LogP contribution in [0.1, 0.15) is 104 Å². The topological polar surface area (TPSA) is 119 Å². The van der Waals surface area contributed by atoms with Crippen LogP contribution >= 0.6 is 0 Å². The summed E-state index contributed by atoms with van der Waals surface area (Å²) >= 11 is 0. The van der Waals surface area contributed by atoms with Crippen molar-refractivity contribution in [1.82, 2.24) is 6.15 Å². The van der Waals surface area contributed by atoms with Crippen LogP contribution < -0.4 is 6.15 Å². The van der Waals surface area contributed by atoms with Crippen molar-refractivity contribution in [2.24, 2.45) is 0 Å². The SMILES string of the molecule is CCCCCCCCCOCCCCCCCCC.N.O=S(=O)(O)O. The Morgan fingerprint density at radius 3 is 1.12 bits per heavy atom. The van der Waals surface area contributed by atoms with E-state index in [0.29, 0.717) is 0 Å². The maximum atomic E-state index is 8.74. The zero-order valence-corrected chi connectivity index (χ0v) is 17.4. The van der Waals surface area contributed by atoms with Gasteiger partial charge in [0.2, 0.25) is 0 Å². The fraction of sp³-hybridized carbons (Fsp3) is 1.00. The predicted octanol–water partition coefficient (Wildman–Crippen LogP) is 6.01. The second-order valence-electron chi connectivity index (χ2n) is 6.30. The van der Waals surface area contributed by atoms with Crippen molar-refractivity contribution < 1.29 is 22.3 Å². The van der Waals surface area contributed by atoms with Gasteiger partial charge in [0.25, 0.3) is 0 Å². The monoisotopic (exact) mass is 385 g/mol. The van der Waals surface area contributed by atoms with Crippen LogP contribution in [0.4, 0.5) is 0 Å². The Morgan fingerprint density at radius 1 is 0.600 bits per heavy atom. The summed E-state index contributed by atoms with van der Waals surface area (Å²) in [5.74, 6) is 0. The molecule has 25 heavy (non-hydrogen) atoms. The highest BCUT2D eigenvalue weighted by atomic mass is 32.3. The molecule has 0 saturated carbocycles. The van der Waals surface area contributed by atoms with E-state index in [2.05, 4.69) is 13.8 Å². The van der Waals surface area contributed by atoms with Gasteiger partial charge in [-0.1, -0.05) is 90.9 Å². The first-order chi connectivity index (χ1) is 11.4. The summed E-state index contributed by atoms with van der Waals surface area (Å²) in [5.41, 5.74) is 0. The van der Waals surface area contributed by atoms with E-state index in [-0.39, 0.29) is 6.15 Å². The summed E-state index contributed by atoms with van der Waals surface area (Å²) in [5, 5.41) is 0. The molecule has 0 amide bonds. The van der Waals surface area contributed by atoms with Crippen LogP contribution in [0.2, 0.25) is 0 Å². The van der Waals surface area contributed by atoms with Crippen molar-refractivity contribution in [3.63, 3.8) is 0 Å². The molecular weight excluding hydrogens is 342 g/mol. The second-order valence-corrected chi connectivity index (χ2v) is 7.20. The van der Waals surface area contributed by atoms with Crippen molar-refractivity contribution in [3.8, 4) is 0 Å². The van der Waals surface area contributed by atoms with E-state index in [4.69, 9.17) is 22.3 Å². The zero-order valence-electron chi connectivity index (χ0n) is 16.5. The van der Waals surface area contributed by atoms with Gasteiger partial charge < -0.3 is 10.9 Å². The van der Waals surface area contributed by atoms with Crippen LogP contribution in [0.25, 0.3) is 0 Å². The fourth-order valence-electron chi connectivity index (χ4n) is 2.42. The van der Waals surface area contributed by atoms with E-state index >= 15 is 0 Å². The van der Waals surface area contributed by atoms with Crippen LogP contribution in [0.15, 0.2) is 0 Å². The van der Waals surface area contributed by atoms with Gasteiger partial charge in [0.15, 0.2) is 0 Å². The largest absolute Gasteiger partial charge is 0.394 e. The number of rotatable bonds is 16. The van der Waals surface area contributed by atoms with Crippen LogP contribution in [0.5, 0.6) is 0 Å². The summed E-state index contributed by atoms with van der Waals surface area (Å²) in [6, 6.07) is 0. The van der Waals surface area contributed by atoms with Gasteiger partial charge in [0.1, 0.15) is 0 Å². The quantitative estimate of drug-likeness (QED) is 0.221. The van der Waals surface area contributed by atoms with E-state index in [1.165, 1.54) is 89.9 Å². The zero-order chi connectivity index (χ0) is 18.5. The maximum Gasteiger partial charge on any atom is 0.394 e. The average Bonchev–Trinajstić information content (AvgIpc) is 2.49. The molecular formula is C18H43NO5S. The summed E-state index contributed by atoms with van der Waals surface area (Å²) in [6.07, 6.45) is 19.3. The lowest BCUT2D eigenvalue weighted by molar-refractivity contribution is 0.125. The van der Waals surface area contributed by atoms with E-state index in [1.807, 2.05) is 0 Å². The van der Waals surface area contributed by atoms with Crippen molar-refractivity contribution in [2.75, 3.05) is 13.2 Å². The molecule has 0 unspecified atom stereocenters. The highest BCUT2D eigenvalue weighted by Gasteiger charge is 1.93. The van der Waals surface area contributed by atoms with Gasteiger partial charge in [0, 0.05) is 13.2 Å². The molecule has 0 aromatic carbocycles. The third-order valence-electron chi connectivity index (χ3n) is 3.78. The van der Waals surface area contributed by atoms with Crippen molar-refractivity contribution in [3.05, 3.63) is 0 Å². The molecule has 0 aromatic heterocycles. The lowest BCUT2D eigenvalue weighted by Gasteiger charge is -2.04. The van der Waals surface area contributed by atoms with Gasteiger partial charge in [-0.15, -0.1) is 0 Å². The molecule has 0 fully saturated rings. The standard InChI is InChI=1S/C18H38O.H3N.H2O4S/c1-3-5-7-9-11-13-15-17-19-18-16-14-12-10-8-6-4-2;;1-5(2,3)4/h3-18H2,1-2H3;1H3;(H2,1,2,3,4). The van der Waals surface area contributed by atoms with Crippen molar-refractivity contribution in [2.45, 2.75) is 104 Å². The number of hydrogen-bond donors (Lipinski definition) is 3. The Hall–Kier alpha value is -0.210. The average molecular weight is 386 g/mol. The minimum Gasteiger partial charge on any atom is -0.381 e. The molecule has 0 aromatic rings. The number of unbranched alkanes of at least 4 members (excludes halogenated alkanes) is 12. The molecule has 0 bridgehead atoms. The first-order valence-corrected chi connectivity index (χ1v) is 11.1. The van der Waals surface area contributed by atoms with Gasteiger partial charge in [-0.05, 0) is 12.8 Å². The lowest BCUT2D eigenvalue weighted by Crippen LogP contribution is -1.97. The summed E-state index contributed by atoms with van der Waals surface area (Å²) in [7, 11) is -4.67. The molecule has 0 aliphatic rings. The summed E-state index contributed by atoms with van der Waals surface area (Å²) in [6.45, 7) is 6.53. The Balaban J connectivity index is -0.000000704. The molecule has 0 radical (unpaired) electrons. The van der Waals surface area contributed by atoms with E-state index in [0.717, 1.165) is 13.2 Å². The third-order valence-corrected chi connectivity index (χ3v) is 3.78. The first kappa shape index (κ1) is 29.5. The van der Waals surface area contributed by atoms with Gasteiger partial charge in [-0.25, -0.2) is 0 Å². The van der Waals surface area contributed by atoms with Crippen molar-refractivity contribution in [1.29, 1.82) is 0 Å². The van der Waals surface area contributed by atoms with Gasteiger partial charge in [0.05, 0.1) is 0 Å². The maximum absolute atomic E-state index is 8.74. The predicted molar refractivity (Wildman–Crippen MR) is 106 cm³/mol. The molecule has 0 rings (SSSR count). The van der Waals surface area contributed by atoms with Crippen LogP contribution in [-0.2, 0) is 15.1 Å². The van der Waals surface area contributed by atoms with E-state index in [1.54, 1.807) is 0 Å². The molecule has 0 heterocycles. The van der Waals surface area contributed by atoms with Gasteiger partial charge in [-0.3, -0.25) is 9.11 Å². The Morgan fingerprint density at radius 2 is 0.840 bits per heavy atom. The highest BCUT2D eigenvalue weighted by molar-refractivity contribution is 7.79. The Bertz CT molecular complexity index is 299. The highest BCUT2D eigenvalue weighted by Crippen LogP contribution is 2.08.